The lowest BCUT2D eigenvalue weighted by Gasteiger charge is -2.33. The Morgan fingerprint density at radius 2 is 1.95 bits per heavy atom. The van der Waals surface area contributed by atoms with Crippen LogP contribution in [-0.2, 0) is 4.79 Å². The molecule has 1 saturated heterocycles. The second-order valence-corrected chi connectivity index (χ2v) is 6.56. The summed E-state index contributed by atoms with van der Waals surface area (Å²) in [6.45, 7) is 4.01. The average Bonchev–Trinajstić information content (AvgIpc) is 2.91. The van der Waals surface area contributed by atoms with E-state index in [0.717, 1.165) is 5.69 Å². The molecular formula is C15H20N2O3S. The lowest BCUT2D eigenvalue weighted by Crippen LogP contribution is -2.52. The summed E-state index contributed by atoms with van der Waals surface area (Å²) in [6.07, 6.45) is 0. The van der Waals surface area contributed by atoms with Gasteiger partial charge in [0.2, 0.25) is 0 Å². The zero-order chi connectivity index (χ0) is 15.6. The van der Waals surface area contributed by atoms with Gasteiger partial charge in [-0.2, -0.15) is 0 Å². The van der Waals surface area contributed by atoms with Crippen LogP contribution in [0.1, 0.15) is 13.8 Å². The summed E-state index contributed by atoms with van der Waals surface area (Å²) in [4.78, 5) is 27.2. The first-order chi connectivity index (χ1) is 9.93. The molecular weight excluding hydrogens is 288 g/mol. The fraction of sp³-hybridized carbons (Fsp3) is 0.467. The number of thioether (sulfide) groups is 1. The van der Waals surface area contributed by atoms with Gasteiger partial charge in [-0.25, -0.2) is 9.59 Å². The molecule has 0 aromatic heterocycles. The molecule has 0 aliphatic carbocycles. The molecule has 1 heterocycles. The van der Waals surface area contributed by atoms with Gasteiger partial charge >= 0.3 is 12.0 Å². The number of hydrogen-bond acceptors (Lipinski definition) is 3. The number of para-hydroxylation sites is 1. The van der Waals surface area contributed by atoms with Crippen molar-refractivity contribution >= 4 is 29.4 Å². The smallest absolute Gasteiger partial charge is 0.327 e. The summed E-state index contributed by atoms with van der Waals surface area (Å²) in [5, 5.41) is 9.25. The normalized spacial score (nSPS) is 21.6. The first-order valence-corrected chi connectivity index (χ1v) is 7.94. The number of carboxylic acids is 1. The second kappa shape index (κ2) is 6.39. The van der Waals surface area contributed by atoms with Crippen LogP contribution in [-0.4, -0.2) is 46.2 Å². The fourth-order valence-electron chi connectivity index (χ4n) is 2.41. The minimum atomic E-state index is -0.944. The van der Waals surface area contributed by atoms with Crippen molar-refractivity contribution < 1.29 is 14.7 Å². The van der Waals surface area contributed by atoms with Gasteiger partial charge in [-0.1, -0.05) is 32.0 Å². The van der Waals surface area contributed by atoms with Crippen molar-refractivity contribution in [3.05, 3.63) is 30.3 Å². The molecule has 5 nitrogen and oxygen atoms in total. The first kappa shape index (κ1) is 15.7. The first-order valence-electron chi connectivity index (χ1n) is 6.89. The van der Waals surface area contributed by atoms with Crippen molar-refractivity contribution in [1.29, 1.82) is 0 Å². The Morgan fingerprint density at radius 1 is 1.33 bits per heavy atom. The molecule has 1 aromatic rings. The van der Waals surface area contributed by atoms with E-state index in [2.05, 4.69) is 0 Å². The largest absolute Gasteiger partial charge is 0.480 e. The van der Waals surface area contributed by atoms with Gasteiger partial charge in [0.25, 0.3) is 0 Å². The van der Waals surface area contributed by atoms with E-state index in [4.69, 9.17) is 0 Å². The Hall–Kier alpha value is -1.69. The number of benzene rings is 1. The van der Waals surface area contributed by atoms with Crippen molar-refractivity contribution in [1.82, 2.24) is 4.90 Å². The third kappa shape index (κ3) is 3.15. The van der Waals surface area contributed by atoms with E-state index in [1.807, 2.05) is 44.2 Å². The van der Waals surface area contributed by atoms with Crippen LogP contribution in [0.3, 0.4) is 0 Å². The molecule has 114 valence electrons. The van der Waals surface area contributed by atoms with Crippen molar-refractivity contribution in [2.75, 3.05) is 17.7 Å². The number of hydrogen-bond donors (Lipinski definition) is 1. The predicted molar refractivity (Wildman–Crippen MR) is 84.6 cm³/mol. The monoisotopic (exact) mass is 308 g/mol. The molecule has 2 amide bonds. The lowest BCUT2D eigenvalue weighted by atomic mass is 10.1. The van der Waals surface area contributed by atoms with Gasteiger partial charge in [0.15, 0.2) is 0 Å². The van der Waals surface area contributed by atoms with Crippen LogP contribution in [0.15, 0.2) is 30.3 Å². The van der Waals surface area contributed by atoms with Crippen LogP contribution in [0.4, 0.5) is 10.5 Å². The average molecular weight is 308 g/mol. The Bertz CT molecular complexity index is 521. The topological polar surface area (TPSA) is 60.9 Å². The third-order valence-corrected chi connectivity index (χ3v) is 5.16. The lowest BCUT2D eigenvalue weighted by molar-refractivity contribution is -0.141. The van der Waals surface area contributed by atoms with Crippen molar-refractivity contribution in [2.24, 2.45) is 5.92 Å². The zero-order valence-electron chi connectivity index (χ0n) is 12.4. The van der Waals surface area contributed by atoms with E-state index in [1.54, 1.807) is 7.05 Å². The van der Waals surface area contributed by atoms with E-state index in [9.17, 15) is 14.7 Å². The number of urea groups is 1. The van der Waals surface area contributed by atoms with Crippen LogP contribution in [0.2, 0.25) is 0 Å². The molecule has 1 aliphatic rings. The van der Waals surface area contributed by atoms with Crippen molar-refractivity contribution in [2.45, 2.75) is 25.3 Å². The van der Waals surface area contributed by atoms with E-state index >= 15 is 0 Å². The zero-order valence-corrected chi connectivity index (χ0v) is 13.2. The van der Waals surface area contributed by atoms with Gasteiger partial charge in [-0.15, -0.1) is 11.8 Å². The number of carbonyl (C=O) groups excluding carboxylic acids is 1. The van der Waals surface area contributed by atoms with E-state index in [1.165, 1.54) is 21.6 Å². The Labute approximate surface area is 128 Å². The molecule has 2 rings (SSSR count). The molecule has 21 heavy (non-hydrogen) atoms. The number of amides is 2. The highest BCUT2D eigenvalue weighted by Gasteiger charge is 2.44. The van der Waals surface area contributed by atoms with Gasteiger partial charge in [-0.05, 0) is 18.1 Å². The minimum Gasteiger partial charge on any atom is -0.480 e. The number of carboxylic acid groups (broad SMARTS) is 1. The summed E-state index contributed by atoms with van der Waals surface area (Å²) in [6, 6.07) is 8.23. The summed E-state index contributed by atoms with van der Waals surface area (Å²) < 4.78 is 0. The third-order valence-electron chi connectivity index (χ3n) is 3.54. The quantitative estimate of drug-likeness (QED) is 0.932. The Kier molecular flexibility index (Phi) is 4.77. The van der Waals surface area contributed by atoms with Crippen molar-refractivity contribution in [3.63, 3.8) is 0 Å². The molecule has 0 bridgehead atoms. The Morgan fingerprint density at radius 3 is 2.48 bits per heavy atom. The summed E-state index contributed by atoms with van der Waals surface area (Å²) in [5.41, 5.74) is 0.756. The maximum absolute atomic E-state index is 12.8. The highest BCUT2D eigenvalue weighted by molar-refractivity contribution is 8.00. The predicted octanol–water partition coefficient (Wildman–Crippen LogP) is 2.73. The van der Waals surface area contributed by atoms with Crippen LogP contribution >= 0.6 is 11.8 Å². The van der Waals surface area contributed by atoms with Gasteiger partial charge in [0.1, 0.15) is 6.04 Å². The van der Waals surface area contributed by atoms with E-state index in [-0.39, 0.29) is 17.3 Å². The highest BCUT2D eigenvalue weighted by atomic mass is 32.2. The molecule has 1 N–H and O–H groups in total. The van der Waals surface area contributed by atoms with Crippen LogP contribution in [0.5, 0.6) is 0 Å². The van der Waals surface area contributed by atoms with Gasteiger partial charge in [0.05, 0.1) is 5.37 Å². The molecule has 0 radical (unpaired) electrons. The Balaban J connectivity index is 2.27. The standard InChI is InChI=1S/C15H20N2O3S/c1-10(2)13-17(12(9-21-13)14(18)19)15(20)16(3)11-7-5-4-6-8-11/h4-8,10,12-13H,9H2,1-3H3,(H,18,19). The molecule has 0 spiro atoms. The van der Waals surface area contributed by atoms with Crippen molar-refractivity contribution in [3.8, 4) is 0 Å². The van der Waals surface area contributed by atoms with Crippen LogP contribution < -0.4 is 4.90 Å². The highest BCUT2D eigenvalue weighted by Crippen LogP contribution is 2.35. The molecule has 0 saturated carbocycles. The maximum atomic E-state index is 12.8. The van der Waals surface area contributed by atoms with Gasteiger partial charge in [0, 0.05) is 18.5 Å². The number of anilines is 1. The maximum Gasteiger partial charge on any atom is 0.327 e. The number of carbonyl (C=O) groups is 2. The van der Waals surface area contributed by atoms with E-state index in [0.29, 0.717) is 5.75 Å². The number of nitrogens with zero attached hydrogens (tertiary/aromatic N) is 2. The summed E-state index contributed by atoms with van der Waals surface area (Å²) in [7, 11) is 1.68. The summed E-state index contributed by atoms with van der Waals surface area (Å²) in [5.74, 6) is -0.306. The molecule has 1 aromatic carbocycles. The summed E-state index contributed by atoms with van der Waals surface area (Å²) >= 11 is 1.53. The van der Waals surface area contributed by atoms with Crippen LogP contribution in [0, 0.1) is 5.92 Å². The molecule has 1 fully saturated rings. The fourth-order valence-corrected chi connectivity index (χ4v) is 3.87. The molecule has 1 aliphatic heterocycles. The van der Waals surface area contributed by atoms with Crippen LogP contribution in [0.25, 0.3) is 0 Å². The minimum absolute atomic E-state index is 0.107. The second-order valence-electron chi connectivity index (χ2n) is 5.41. The number of rotatable bonds is 3. The van der Waals surface area contributed by atoms with Gasteiger partial charge < -0.3 is 5.11 Å². The molecule has 2 unspecified atom stereocenters. The molecule has 2 atom stereocenters. The number of aliphatic carboxylic acids is 1. The van der Waals surface area contributed by atoms with Gasteiger partial charge in [-0.3, -0.25) is 9.80 Å². The molecule has 6 heteroatoms. The van der Waals surface area contributed by atoms with E-state index < -0.39 is 12.0 Å². The SMILES string of the molecule is CC(C)C1SCC(C(=O)O)N1C(=O)N(C)c1ccccc1.